The second kappa shape index (κ2) is 11.5. The van der Waals surface area contributed by atoms with E-state index in [-0.39, 0.29) is 24.0 Å². The van der Waals surface area contributed by atoms with Crippen molar-refractivity contribution in [3.8, 4) is 11.5 Å². The van der Waals surface area contributed by atoms with Gasteiger partial charge in [-0.15, -0.1) is 0 Å². The molecule has 0 bridgehead atoms. The lowest BCUT2D eigenvalue weighted by Crippen LogP contribution is -2.36. The summed E-state index contributed by atoms with van der Waals surface area (Å²) in [5, 5.41) is 13.3. The minimum Gasteiger partial charge on any atom is -0.464 e. The topological polar surface area (TPSA) is 117 Å². The molecule has 2 rings (SSSR count). The van der Waals surface area contributed by atoms with Crippen LogP contribution in [0.4, 0.5) is 5.69 Å². The fourth-order valence-electron chi connectivity index (χ4n) is 2.38. The van der Waals surface area contributed by atoms with Crippen LogP contribution in [0.1, 0.15) is 40.5 Å². The van der Waals surface area contributed by atoms with Crippen molar-refractivity contribution in [3.63, 3.8) is 0 Å². The van der Waals surface area contributed by atoms with Gasteiger partial charge in [0.2, 0.25) is 0 Å². The standard InChI is InChI=1S/C21H27N2O7P/c1-4-17(5-2)15-28-21(24)16(3)22-31(27,29-19-9-7-6-8-10-19)30-20-13-11-18(12-14-20)23(25)26/h6-14,16-17H,4-5,15H2,1-3H3,(H,22,27)/t16-,31?/m1/s1/i6D,7D,8D,9D,10D. The zero-order valence-electron chi connectivity index (χ0n) is 22.3. The van der Waals surface area contributed by atoms with Crippen LogP contribution in [0.2, 0.25) is 0 Å². The van der Waals surface area contributed by atoms with Gasteiger partial charge in [-0.25, -0.2) is 4.57 Å². The molecule has 0 aliphatic heterocycles. The van der Waals surface area contributed by atoms with E-state index >= 15 is 0 Å². The number of ether oxygens (including phenoxy) is 1. The van der Waals surface area contributed by atoms with Gasteiger partial charge in [0.05, 0.1) is 18.4 Å². The van der Waals surface area contributed by atoms with Crippen molar-refractivity contribution >= 4 is 19.4 Å². The van der Waals surface area contributed by atoms with Crippen molar-refractivity contribution < 1.29 is 34.9 Å². The maximum atomic E-state index is 13.7. The Morgan fingerprint density at radius 2 is 1.71 bits per heavy atom. The number of nitro benzene ring substituents is 1. The Kier molecular flexibility index (Phi) is 6.57. The van der Waals surface area contributed by atoms with Crippen LogP contribution in [0.25, 0.3) is 0 Å². The summed E-state index contributed by atoms with van der Waals surface area (Å²) in [7, 11) is -4.67. The van der Waals surface area contributed by atoms with Gasteiger partial charge in [-0.1, -0.05) is 44.8 Å². The van der Waals surface area contributed by atoms with Crippen molar-refractivity contribution in [3.05, 3.63) is 64.6 Å². The Morgan fingerprint density at radius 1 is 1.13 bits per heavy atom. The number of para-hydroxylation sites is 1. The zero-order chi connectivity index (χ0) is 27.2. The molecule has 0 heterocycles. The molecule has 0 aliphatic carbocycles. The van der Waals surface area contributed by atoms with Crippen LogP contribution < -0.4 is 14.1 Å². The molecule has 0 radical (unpaired) electrons. The number of nitrogens with zero attached hydrogens (tertiary/aromatic N) is 1. The van der Waals surface area contributed by atoms with Gasteiger partial charge < -0.3 is 13.8 Å². The molecule has 1 unspecified atom stereocenters. The lowest BCUT2D eigenvalue weighted by molar-refractivity contribution is -0.384. The molecule has 0 saturated heterocycles. The number of hydrogen-bond acceptors (Lipinski definition) is 7. The normalized spacial score (nSPS) is 16.1. The van der Waals surface area contributed by atoms with Crippen molar-refractivity contribution in [2.75, 3.05) is 6.61 Å². The summed E-state index contributed by atoms with van der Waals surface area (Å²) in [4.78, 5) is 22.8. The predicted molar refractivity (Wildman–Crippen MR) is 116 cm³/mol. The minimum absolute atomic E-state index is 0.131. The lowest BCUT2D eigenvalue weighted by atomic mass is 10.1. The molecule has 0 aliphatic rings. The second-order valence-electron chi connectivity index (χ2n) is 6.55. The van der Waals surface area contributed by atoms with Crippen LogP contribution in [-0.2, 0) is 14.1 Å². The quantitative estimate of drug-likeness (QED) is 0.203. The number of non-ortho nitro benzene ring substituents is 1. The molecule has 0 amide bonds. The molecule has 9 nitrogen and oxygen atoms in total. The Bertz CT molecular complexity index is 1130. The van der Waals surface area contributed by atoms with E-state index in [0.29, 0.717) is 0 Å². The van der Waals surface area contributed by atoms with Crippen molar-refractivity contribution in [1.82, 2.24) is 5.09 Å². The zero-order valence-corrected chi connectivity index (χ0v) is 18.2. The van der Waals surface area contributed by atoms with Crippen LogP contribution in [0, 0.1) is 16.0 Å². The van der Waals surface area contributed by atoms with Gasteiger partial charge in [0.15, 0.2) is 0 Å². The Morgan fingerprint density at radius 3 is 2.26 bits per heavy atom. The van der Waals surface area contributed by atoms with E-state index in [4.69, 9.17) is 20.6 Å². The first-order valence-electron chi connectivity index (χ1n) is 12.1. The predicted octanol–water partition coefficient (Wildman–Crippen LogP) is 5.12. The summed E-state index contributed by atoms with van der Waals surface area (Å²) in [5.74, 6) is -1.58. The number of carbonyl (C=O) groups excluding carboxylic acids is 1. The molecule has 0 saturated carbocycles. The molecule has 1 N–H and O–H groups in total. The van der Waals surface area contributed by atoms with Crippen molar-refractivity contribution in [2.45, 2.75) is 39.7 Å². The highest BCUT2D eigenvalue weighted by Crippen LogP contribution is 2.45. The van der Waals surface area contributed by atoms with Crippen LogP contribution in [0.3, 0.4) is 0 Å². The number of hydrogen-bond donors (Lipinski definition) is 1. The fraction of sp³-hybridized carbons (Fsp3) is 0.381. The third kappa shape index (κ3) is 7.70. The molecule has 2 atom stereocenters. The average Bonchev–Trinajstić information content (AvgIpc) is 2.85. The summed E-state index contributed by atoms with van der Waals surface area (Å²) in [6.07, 6.45) is 1.57. The number of carbonyl (C=O) groups is 1. The van der Waals surface area contributed by atoms with E-state index in [0.717, 1.165) is 37.1 Å². The van der Waals surface area contributed by atoms with Gasteiger partial charge >= 0.3 is 13.7 Å². The van der Waals surface area contributed by atoms with Gasteiger partial charge in [-0.05, 0) is 37.1 Å². The summed E-state index contributed by atoms with van der Waals surface area (Å²) in [5.41, 5.74) is -0.268. The molecule has 0 fully saturated rings. The Balaban J connectivity index is 2.40. The highest BCUT2D eigenvalue weighted by molar-refractivity contribution is 7.52. The van der Waals surface area contributed by atoms with Crippen molar-refractivity contribution in [1.29, 1.82) is 0 Å². The third-order valence-corrected chi connectivity index (χ3v) is 5.86. The Labute approximate surface area is 188 Å². The maximum absolute atomic E-state index is 13.7. The molecule has 168 valence electrons. The van der Waals surface area contributed by atoms with Gasteiger partial charge in [0, 0.05) is 12.1 Å². The number of nitro groups is 1. The van der Waals surface area contributed by atoms with E-state index in [9.17, 15) is 19.5 Å². The van der Waals surface area contributed by atoms with E-state index in [1.807, 2.05) is 13.8 Å². The fourth-order valence-corrected chi connectivity index (χ4v) is 3.84. The van der Waals surface area contributed by atoms with Crippen LogP contribution in [0.5, 0.6) is 11.5 Å². The van der Waals surface area contributed by atoms with Gasteiger partial charge in [-0.3, -0.25) is 14.9 Å². The molecule has 31 heavy (non-hydrogen) atoms. The van der Waals surface area contributed by atoms with Gasteiger partial charge in [-0.2, -0.15) is 5.09 Å². The number of nitrogens with one attached hydrogen (secondary N) is 1. The van der Waals surface area contributed by atoms with Crippen LogP contribution in [0.15, 0.2) is 54.5 Å². The second-order valence-corrected chi connectivity index (χ2v) is 8.17. The van der Waals surface area contributed by atoms with Crippen LogP contribution in [-0.4, -0.2) is 23.5 Å². The average molecular weight is 455 g/mol. The molecule has 2 aromatic rings. The van der Waals surface area contributed by atoms with Gasteiger partial charge in [0.25, 0.3) is 5.69 Å². The third-order valence-electron chi connectivity index (χ3n) is 4.28. The first-order valence-corrected chi connectivity index (χ1v) is 11.1. The number of benzene rings is 2. The Hall–Kier alpha value is -2.90. The number of rotatable bonds is 12. The summed E-state index contributed by atoms with van der Waals surface area (Å²) in [6, 6.07) is -0.533. The molecule has 0 aromatic heterocycles. The van der Waals surface area contributed by atoms with Crippen LogP contribution >= 0.6 is 7.75 Å². The minimum atomic E-state index is -4.67. The lowest BCUT2D eigenvalue weighted by Gasteiger charge is -2.23. The van der Waals surface area contributed by atoms with Gasteiger partial charge in [0.1, 0.15) is 17.5 Å². The van der Waals surface area contributed by atoms with Crippen molar-refractivity contribution in [2.24, 2.45) is 5.92 Å². The largest absolute Gasteiger partial charge is 0.513 e. The van der Waals surface area contributed by atoms with E-state index in [2.05, 4.69) is 5.09 Å². The smallest absolute Gasteiger partial charge is 0.464 e. The summed E-state index contributed by atoms with van der Waals surface area (Å²) >= 11 is 0. The highest BCUT2D eigenvalue weighted by atomic mass is 31.2. The first-order chi connectivity index (χ1) is 16.8. The molecule has 0 spiro atoms. The monoisotopic (exact) mass is 455 g/mol. The highest BCUT2D eigenvalue weighted by Gasteiger charge is 2.34. The molecule has 2 aromatic carbocycles. The summed E-state index contributed by atoms with van der Waals surface area (Å²) in [6.45, 7) is 5.36. The van der Waals surface area contributed by atoms with E-state index < -0.39 is 60.6 Å². The SMILES string of the molecule is [2H]c1c([2H])c([2H])c(OP(=O)(N[C@H](C)C(=O)OCC(CC)CC)Oc2ccc([N+](=O)[O-])cc2)c([2H])c1[2H]. The molecule has 10 heteroatoms. The summed E-state index contributed by atoms with van der Waals surface area (Å²) < 4.78 is 69.1. The molecular weight excluding hydrogens is 423 g/mol. The van der Waals surface area contributed by atoms with E-state index in [1.165, 1.54) is 6.92 Å². The van der Waals surface area contributed by atoms with E-state index in [1.54, 1.807) is 0 Å². The molecular formula is C21H27N2O7P. The first kappa shape index (κ1) is 17.7. The maximum Gasteiger partial charge on any atom is 0.513 e. The number of esters is 1.